The van der Waals surface area contributed by atoms with E-state index in [-0.39, 0.29) is 6.04 Å². The van der Waals surface area contributed by atoms with Crippen molar-refractivity contribution >= 4 is 6.08 Å². The Labute approximate surface area is 101 Å². The van der Waals surface area contributed by atoms with Crippen LogP contribution in [0.15, 0.2) is 59.6 Å². The number of carbonyl (C=O) groups excluding carboxylic acids is 1. The van der Waals surface area contributed by atoms with Gasteiger partial charge in [-0.1, -0.05) is 54.6 Å². The average Bonchev–Trinajstić information content (AvgIpc) is 2.40. The quantitative estimate of drug-likeness (QED) is 0.575. The van der Waals surface area contributed by atoms with Crippen LogP contribution in [0, 0.1) is 0 Å². The SMILES string of the molecule is CC(N=C=O)c1ccccc1-c1ccccc1. The summed E-state index contributed by atoms with van der Waals surface area (Å²) < 4.78 is 0. The summed E-state index contributed by atoms with van der Waals surface area (Å²) in [5.41, 5.74) is 3.29. The lowest BCUT2D eigenvalue weighted by atomic mass is 9.96. The molecule has 2 heteroatoms. The normalized spacial score (nSPS) is 11.6. The highest BCUT2D eigenvalue weighted by atomic mass is 16.1. The van der Waals surface area contributed by atoms with Crippen molar-refractivity contribution in [2.75, 3.05) is 0 Å². The first-order valence-corrected chi connectivity index (χ1v) is 5.54. The van der Waals surface area contributed by atoms with E-state index in [1.165, 1.54) is 0 Å². The van der Waals surface area contributed by atoms with Gasteiger partial charge in [-0.25, -0.2) is 4.79 Å². The smallest absolute Gasteiger partial charge is 0.211 e. The van der Waals surface area contributed by atoms with Crippen molar-refractivity contribution in [1.29, 1.82) is 0 Å². The van der Waals surface area contributed by atoms with Crippen LogP contribution >= 0.6 is 0 Å². The molecular weight excluding hydrogens is 210 g/mol. The summed E-state index contributed by atoms with van der Waals surface area (Å²) in [5, 5.41) is 0. The van der Waals surface area contributed by atoms with E-state index in [1.54, 1.807) is 6.08 Å². The number of benzene rings is 2. The highest BCUT2D eigenvalue weighted by Crippen LogP contribution is 2.29. The minimum atomic E-state index is -0.163. The van der Waals surface area contributed by atoms with E-state index in [0.717, 1.165) is 16.7 Å². The zero-order valence-electron chi connectivity index (χ0n) is 9.63. The van der Waals surface area contributed by atoms with Gasteiger partial charge in [0.2, 0.25) is 6.08 Å². The second-order valence-corrected chi connectivity index (χ2v) is 3.85. The Morgan fingerprint density at radius 3 is 2.35 bits per heavy atom. The fourth-order valence-electron chi connectivity index (χ4n) is 1.89. The minimum Gasteiger partial charge on any atom is -0.211 e. The van der Waals surface area contributed by atoms with Crippen LogP contribution in [-0.4, -0.2) is 6.08 Å². The van der Waals surface area contributed by atoms with Crippen LogP contribution in [0.2, 0.25) is 0 Å². The third-order valence-corrected chi connectivity index (χ3v) is 2.74. The van der Waals surface area contributed by atoms with Crippen LogP contribution in [-0.2, 0) is 4.79 Å². The van der Waals surface area contributed by atoms with Gasteiger partial charge in [-0.2, -0.15) is 4.99 Å². The number of isocyanates is 1. The molecule has 0 radical (unpaired) electrons. The number of hydrogen-bond donors (Lipinski definition) is 0. The highest BCUT2D eigenvalue weighted by molar-refractivity contribution is 5.68. The lowest BCUT2D eigenvalue weighted by Gasteiger charge is -2.11. The molecule has 0 aliphatic rings. The molecule has 1 unspecified atom stereocenters. The Morgan fingerprint density at radius 1 is 1.00 bits per heavy atom. The van der Waals surface area contributed by atoms with Crippen LogP contribution in [0.25, 0.3) is 11.1 Å². The van der Waals surface area contributed by atoms with Gasteiger partial charge in [0.1, 0.15) is 0 Å². The maximum absolute atomic E-state index is 10.3. The Bertz CT molecular complexity index is 542. The monoisotopic (exact) mass is 223 g/mol. The van der Waals surface area contributed by atoms with E-state index >= 15 is 0 Å². The average molecular weight is 223 g/mol. The molecule has 0 aromatic heterocycles. The lowest BCUT2D eigenvalue weighted by molar-refractivity contribution is 0.559. The molecule has 0 saturated carbocycles. The van der Waals surface area contributed by atoms with Crippen molar-refractivity contribution in [1.82, 2.24) is 0 Å². The maximum atomic E-state index is 10.3. The molecule has 0 fully saturated rings. The van der Waals surface area contributed by atoms with Gasteiger partial charge in [0.15, 0.2) is 0 Å². The maximum Gasteiger partial charge on any atom is 0.235 e. The molecule has 2 aromatic carbocycles. The van der Waals surface area contributed by atoms with Crippen LogP contribution in [0.3, 0.4) is 0 Å². The van der Waals surface area contributed by atoms with E-state index in [1.807, 2.05) is 49.4 Å². The molecule has 17 heavy (non-hydrogen) atoms. The summed E-state index contributed by atoms with van der Waals surface area (Å²) in [7, 11) is 0. The Morgan fingerprint density at radius 2 is 1.65 bits per heavy atom. The summed E-state index contributed by atoms with van der Waals surface area (Å²) in [4.78, 5) is 14.1. The molecule has 0 amide bonds. The van der Waals surface area contributed by atoms with Gasteiger partial charge in [0.05, 0.1) is 6.04 Å². The van der Waals surface area contributed by atoms with Crippen molar-refractivity contribution in [3.8, 4) is 11.1 Å². The standard InChI is InChI=1S/C15H13NO/c1-12(16-11-17)14-9-5-6-10-15(14)13-7-3-2-4-8-13/h2-10,12H,1H3. The van der Waals surface area contributed by atoms with Gasteiger partial charge < -0.3 is 0 Å². The second-order valence-electron chi connectivity index (χ2n) is 3.85. The predicted octanol–water partition coefficient (Wildman–Crippen LogP) is 3.75. The first kappa shape index (κ1) is 11.3. The molecule has 84 valence electrons. The largest absolute Gasteiger partial charge is 0.235 e. The molecular formula is C15H13NO. The number of rotatable bonds is 3. The number of nitrogens with zero attached hydrogens (tertiary/aromatic N) is 1. The fourth-order valence-corrected chi connectivity index (χ4v) is 1.89. The molecule has 0 bridgehead atoms. The zero-order chi connectivity index (χ0) is 12.1. The lowest BCUT2D eigenvalue weighted by Crippen LogP contribution is -1.93. The molecule has 2 aromatic rings. The molecule has 2 nitrogen and oxygen atoms in total. The first-order valence-electron chi connectivity index (χ1n) is 5.54. The second kappa shape index (κ2) is 5.24. The van der Waals surface area contributed by atoms with Gasteiger partial charge in [0, 0.05) is 0 Å². The third kappa shape index (κ3) is 2.49. The molecule has 0 aliphatic heterocycles. The molecule has 1 atom stereocenters. The summed E-state index contributed by atoms with van der Waals surface area (Å²) in [5.74, 6) is 0. The fraction of sp³-hybridized carbons (Fsp3) is 0.133. The van der Waals surface area contributed by atoms with E-state index in [9.17, 15) is 4.79 Å². The Kier molecular flexibility index (Phi) is 3.49. The summed E-state index contributed by atoms with van der Waals surface area (Å²) in [6.45, 7) is 1.90. The van der Waals surface area contributed by atoms with Gasteiger partial charge in [-0.3, -0.25) is 0 Å². The van der Waals surface area contributed by atoms with Crippen LogP contribution in [0.1, 0.15) is 18.5 Å². The predicted molar refractivity (Wildman–Crippen MR) is 68.4 cm³/mol. The Balaban J connectivity index is 2.51. The summed E-state index contributed by atoms with van der Waals surface area (Å²) >= 11 is 0. The van der Waals surface area contributed by atoms with E-state index in [4.69, 9.17) is 0 Å². The third-order valence-electron chi connectivity index (χ3n) is 2.74. The van der Waals surface area contributed by atoms with Crippen LogP contribution < -0.4 is 0 Å². The zero-order valence-corrected chi connectivity index (χ0v) is 9.63. The van der Waals surface area contributed by atoms with Gasteiger partial charge in [-0.05, 0) is 23.6 Å². The van der Waals surface area contributed by atoms with Crippen LogP contribution in [0.4, 0.5) is 0 Å². The number of hydrogen-bond acceptors (Lipinski definition) is 2. The minimum absolute atomic E-state index is 0.163. The van der Waals surface area contributed by atoms with Gasteiger partial charge >= 0.3 is 0 Å². The van der Waals surface area contributed by atoms with Crippen molar-refractivity contribution < 1.29 is 4.79 Å². The summed E-state index contributed by atoms with van der Waals surface area (Å²) in [6, 6.07) is 17.9. The van der Waals surface area contributed by atoms with Crippen molar-refractivity contribution in [2.24, 2.45) is 4.99 Å². The molecule has 0 N–H and O–H groups in total. The van der Waals surface area contributed by atoms with Gasteiger partial charge in [0.25, 0.3) is 0 Å². The van der Waals surface area contributed by atoms with Crippen molar-refractivity contribution in [2.45, 2.75) is 13.0 Å². The number of aliphatic imine (C=N–C) groups is 1. The molecule has 0 saturated heterocycles. The van der Waals surface area contributed by atoms with Crippen LogP contribution in [0.5, 0.6) is 0 Å². The van der Waals surface area contributed by atoms with Gasteiger partial charge in [-0.15, -0.1) is 0 Å². The van der Waals surface area contributed by atoms with E-state index in [2.05, 4.69) is 17.1 Å². The van der Waals surface area contributed by atoms with E-state index in [0.29, 0.717) is 0 Å². The molecule has 0 aliphatic carbocycles. The summed E-state index contributed by atoms with van der Waals surface area (Å²) in [6.07, 6.45) is 1.62. The van der Waals surface area contributed by atoms with Crippen molar-refractivity contribution in [3.05, 3.63) is 60.2 Å². The highest BCUT2D eigenvalue weighted by Gasteiger charge is 2.09. The topological polar surface area (TPSA) is 29.4 Å². The van der Waals surface area contributed by atoms with Crippen molar-refractivity contribution in [3.63, 3.8) is 0 Å². The first-order chi connectivity index (χ1) is 8.33. The van der Waals surface area contributed by atoms with E-state index < -0.39 is 0 Å². The molecule has 0 heterocycles. The Hall–Kier alpha value is -2.18. The molecule has 0 spiro atoms. The molecule has 2 rings (SSSR count).